The van der Waals surface area contributed by atoms with Crippen LogP contribution >= 0.6 is 11.6 Å². The first-order valence-electron chi connectivity index (χ1n) is 11.8. The molecule has 0 atom stereocenters. The fourth-order valence-electron chi connectivity index (χ4n) is 4.26. The predicted molar refractivity (Wildman–Crippen MR) is 142 cm³/mol. The molecule has 0 fully saturated rings. The lowest BCUT2D eigenvalue weighted by molar-refractivity contribution is 0.101. The second kappa shape index (κ2) is 10.4. The van der Waals surface area contributed by atoms with E-state index < -0.39 is 11.6 Å². The standard InChI is InChI=1S/C29H28ClFN2O2/c1-4-5-6-7-19-8-10-21(11-9-19)33-28-23-15-22(20-13-25(30)29(35)26(31)14-20)17(2)12-27(23)32-16-24(28)18(3)34/h8-16,35H,4-7H2,1-3H3,(H,32,33). The number of Topliss-reactive ketones (excluding diaryl/α,β-unsaturated/α-hetero) is 1. The van der Waals surface area contributed by atoms with Gasteiger partial charge < -0.3 is 10.4 Å². The third kappa shape index (κ3) is 5.30. The van der Waals surface area contributed by atoms with E-state index in [0.29, 0.717) is 22.3 Å². The third-order valence-electron chi connectivity index (χ3n) is 6.21. The molecule has 6 heteroatoms. The molecular formula is C29H28ClFN2O2. The summed E-state index contributed by atoms with van der Waals surface area (Å²) in [5.41, 5.74) is 6.08. The number of anilines is 2. The van der Waals surface area contributed by atoms with Crippen molar-refractivity contribution >= 4 is 39.7 Å². The predicted octanol–water partition coefficient (Wildman–Crippen LogP) is 8.39. The molecule has 1 aromatic heterocycles. The monoisotopic (exact) mass is 490 g/mol. The molecular weight excluding hydrogens is 463 g/mol. The molecule has 0 aliphatic heterocycles. The number of unbranched alkanes of at least 4 members (excludes halogenated alkanes) is 2. The number of aryl methyl sites for hydroxylation is 2. The molecule has 2 N–H and O–H groups in total. The number of ketones is 1. The minimum atomic E-state index is -0.792. The van der Waals surface area contributed by atoms with Crippen molar-refractivity contribution in [2.45, 2.75) is 46.5 Å². The smallest absolute Gasteiger partial charge is 0.170 e. The van der Waals surface area contributed by atoms with Crippen LogP contribution in [0, 0.1) is 12.7 Å². The highest BCUT2D eigenvalue weighted by Crippen LogP contribution is 2.38. The molecule has 4 aromatic rings. The summed E-state index contributed by atoms with van der Waals surface area (Å²) >= 11 is 6.04. The highest BCUT2D eigenvalue weighted by molar-refractivity contribution is 6.32. The fourth-order valence-corrected chi connectivity index (χ4v) is 4.46. The molecule has 0 saturated carbocycles. The van der Waals surface area contributed by atoms with Crippen molar-refractivity contribution in [3.05, 3.63) is 82.3 Å². The van der Waals surface area contributed by atoms with Crippen LogP contribution in [0.4, 0.5) is 15.8 Å². The molecule has 0 amide bonds. The molecule has 4 rings (SSSR count). The minimum absolute atomic E-state index is 0.0625. The Morgan fingerprint density at radius 1 is 1.11 bits per heavy atom. The van der Waals surface area contributed by atoms with Crippen molar-refractivity contribution in [2.24, 2.45) is 0 Å². The molecule has 0 aliphatic rings. The van der Waals surface area contributed by atoms with Gasteiger partial charge in [-0.25, -0.2) is 4.39 Å². The van der Waals surface area contributed by atoms with Gasteiger partial charge in [0.25, 0.3) is 0 Å². The molecule has 0 saturated heterocycles. The first-order valence-corrected chi connectivity index (χ1v) is 12.1. The number of rotatable bonds is 8. The summed E-state index contributed by atoms with van der Waals surface area (Å²) in [5, 5.41) is 13.8. The number of pyridine rings is 1. The van der Waals surface area contributed by atoms with E-state index in [-0.39, 0.29) is 10.8 Å². The van der Waals surface area contributed by atoms with Crippen molar-refractivity contribution in [3.8, 4) is 16.9 Å². The minimum Gasteiger partial charge on any atom is -0.504 e. The van der Waals surface area contributed by atoms with Crippen LogP contribution < -0.4 is 5.32 Å². The van der Waals surface area contributed by atoms with E-state index in [9.17, 15) is 14.3 Å². The van der Waals surface area contributed by atoms with Crippen LogP contribution in [-0.2, 0) is 6.42 Å². The zero-order chi connectivity index (χ0) is 25.1. The van der Waals surface area contributed by atoms with Crippen LogP contribution in [0.3, 0.4) is 0 Å². The number of benzene rings is 3. The molecule has 35 heavy (non-hydrogen) atoms. The van der Waals surface area contributed by atoms with Gasteiger partial charge in [0, 0.05) is 17.3 Å². The normalized spacial score (nSPS) is 11.1. The molecule has 0 radical (unpaired) electrons. The van der Waals surface area contributed by atoms with Crippen LogP contribution in [0.15, 0.2) is 54.7 Å². The third-order valence-corrected chi connectivity index (χ3v) is 6.50. The Morgan fingerprint density at radius 3 is 2.51 bits per heavy atom. The lowest BCUT2D eigenvalue weighted by Gasteiger charge is -2.16. The average molecular weight is 491 g/mol. The summed E-state index contributed by atoms with van der Waals surface area (Å²) in [5.74, 6) is -1.48. The van der Waals surface area contributed by atoms with Gasteiger partial charge >= 0.3 is 0 Å². The van der Waals surface area contributed by atoms with Crippen LogP contribution in [0.2, 0.25) is 5.02 Å². The number of phenols is 1. The Kier molecular flexibility index (Phi) is 7.37. The number of carbonyl (C=O) groups excluding carboxylic acids is 1. The highest BCUT2D eigenvalue weighted by Gasteiger charge is 2.17. The maximum Gasteiger partial charge on any atom is 0.170 e. The summed E-state index contributed by atoms with van der Waals surface area (Å²) in [4.78, 5) is 17.0. The molecule has 0 aliphatic carbocycles. The Labute approximate surface area is 209 Å². The molecule has 4 nitrogen and oxygen atoms in total. The number of nitrogens with one attached hydrogen (secondary N) is 1. The number of halogens is 2. The zero-order valence-electron chi connectivity index (χ0n) is 20.1. The quantitative estimate of drug-likeness (QED) is 0.192. The molecule has 0 bridgehead atoms. The van der Waals surface area contributed by atoms with Crippen LogP contribution in [0.25, 0.3) is 22.0 Å². The number of hydrogen-bond acceptors (Lipinski definition) is 4. The maximum atomic E-state index is 14.2. The second-order valence-corrected chi connectivity index (χ2v) is 9.26. The maximum absolute atomic E-state index is 14.2. The number of aromatic hydroxyl groups is 1. The lowest BCUT2D eigenvalue weighted by Crippen LogP contribution is -2.03. The van der Waals surface area contributed by atoms with Gasteiger partial charge in [-0.05, 0) is 85.3 Å². The fraction of sp³-hybridized carbons (Fsp3) is 0.241. The summed E-state index contributed by atoms with van der Waals surface area (Å²) in [7, 11) is 0. The SMILES string of the molecule is CCCCCc1ccc(Nc2c(C(C)=O)cnc3cc(C)c(-c4cc(F)c(O)c(Cl)c4)cc23)cc1. The molecule has 0 unspecified atom stereocenters. The van der Waals surface area contributed by atoms with Gasteiger partial charge in [0.15, 0.2) is 17.3 Å². The average Bonchev–Trinajstić information content (AvgIpc) is 2.83. The van der Waals surface area contributed by atoms with Crippen molar-refractivity contribution < 1.29 is 14.3 Å². The number of aromatic nitrogens is 1. The number of hydrogen-bond donors (Lipinski definition) is 2. The van der Waals surface area contributed by atoms with Crippen LogP contribution in [0.5, 0.6) is 5.75 Å². The van der Waals surface area contributed by atoms with E-state index in [0.717, 1.165) is 35.0 Å². The van der Waals surface area contributed by atoms with Gasteiger partial charge in [0.1, 0.15) is 0 Å². The molecule has 1 heterocycles. The van der Waals surface area contributed by atoms with E-state index in [2.05, 4.69) is 29.4 Å². The number of nitrogens with zero attached hydrogens (tertiary/aromatic N) is 1. The molecule has 180 valence electrons. The molecule has 3 aromatic carbocycles. The van der Waals surface area contributed by atoms with Crippen molar-refractivity contribution in [3.63, 3.8) is 0 Å². The van der Waals surface area contributed by atoms with Crippen molar-refractivity contribution in [1.82, 2.24) is 4.98 Å². The Bertz CT molecular complexity index is 1380. The summed E-state index contributed by atoms with van der Waals surface area (Å²) < 4.78 is 14.2. The van der Waals surface area contributed by atoms with Gasteiger partial charge in [0.05, 0.1) is 21.8 Å². The second-order valence-electron chi connectivity index (χ2n) is 8.85. The Balaban J connectivity index is 1.80. The Hall–Kier alpha value is -3.44. The van der Waals surface area contributed by atoms with Crippen LogP contribution in [-0.4, -0.2) is 15.9 Å². The van der Waals surface area contributed by atoms with Crippen LogP contribution in [0.1, 0.15) is 54.6 Å². The number of phenolic OH excluding ortho intramolecular Hbond substituents is 1. The zero-order valence-corrected chi connectivity index (χ0v) is 20.8. The summed E-state index contributed by atoms with van der Waals surface area (Å²) in [6.45, 7) is 5.60. The van der Waals surface area contributed by atoms with Gasteiger partial charge in [-0.1, -0.05) is 43.5 Å². The first kappa shape index (κ1) is 24.7. The lowest BCUT2D eigenvalue weighted by atomic mass is 9.96. The summed E-state index contributed by atoms with van der Waals surface area (Å²) in [6.07, 6.45) is 6.19. The van der Waals surface area contributed by atoms with Gasteiger partial charge in [-0.3, -0.25) is 9.78 Å². The number of carbonyl (C=O) groups is 1. The van der Waals surface area contributed by atoms with E-state index in [1.807, 2.05) is 31.2 Å². The van der Waals surface area contributed by atoms with Gasteiger partial charge in [-0.2, -0.15) is 0 Å². The van der Waals surface area contributed by atoms with E-state index in [4.69, 9.17) is 11.6 Å². The number of fused-ring (bicyclic) bond motifs is 1. The van der Waals surface area contributed by atoms with Gasteiger partial charge in [0.2, 0.25) is 0 Å². The molecule has 0 spiro atoms. The topological polar surface area (TPSA) is 62.2 Å². The highest BCUT2D eigenvalue weighted by atomic mass is 35.5. The van der Waals surface area contributed by atoms with E-state index in [1.54, 1.807) is 6.20 Å². The van der Waals surface area contributed by atoms with Gasteiger partial charge in [-0.15, -0.1) is 0 Å². The van der Waals surface area contributed by atoms with Crippen molar-refractivity contribution in [2.75, 3.05) is 5.32 Å². The van der Waals surface area contributed by atoms with E-state index >= 15 is 0 Å². The largest absolute Gasteiger partial charge is 0.504 e. The first-order chi connectivity index (χ1) is 16.8. The Morgan fingerprint density at radius 2 is 1.86 bits per heavy atom. The summed E-state index contributed by atoms with van der Waals surface area (Å²) in [6, 6.07) is 14.8. The van der Waals surface area contributed by atoms with E-state index in [1.165, 1.54) is 37.5 Å². The van der Waals surface area contributed by atoms with Crippen molar-refractivity contribution in [1.29, 1.82) is 0 Å².